The second-order valence-electron chi connectivity index (χ2n) is 3.70. The van der Waals surface area contributed by atoms with Gasteiger partial charge in [-0.05, 0) is 30.7 Å². The van der Waals surface area contributed by atoms with Crippen molar-refractivity contribution in [2.45, 2.75) is 13.5 Å². The van der Waals surface area contributed by atoms with Crippen LogP contribution in [-0.2, 0) is 4.74 Å². The van der Waals surface area contributed by atoms with E-state index < -0.39 is 6.61 Å². The molecule has 0 bridgehead atoms. The van der Waals surface area contributed by atoms with Crippen molar-refractivity contribution in [2.24, 2.45) is 0 Å². The first-order valence-corrected chi connectivity index (χ1v) is 5.51. The maximum absolute atomic E-state index is 12.0. The van der Waals surface area contributed by atoms with E-state index in [4.69, 9.17) is 0 Å². The van der Waals surface area contributed by atoms with Gasteiger partial charge in [0.2, 0.25) is 0 Å². The molecule has 0 heterocycles. The average molecular weight is 278 g/mol. The van der Waals surface area contributed by atoms with Crippen LogP contribution in [0, 0.1) is 11.8 Å². The monoisotopic (exact) mass is 278 g/mol. The first-order valence-electron chi connectivity index (χ1n) is 5.51. The minimum Gasteiger partial charge on any atom is -0.508 e. The van der Waals surface area contributed by atoms with E-state index in [1.807, 2.05) is 0 Å². The molecule has 0 unspecified atom stereocenters. The molecule has 0 aliphatic rings. The van der Waals surface area contributed by atoms with Gasteiger partial charge in [-0.3, -0.25) is 0 Å². The summed E-state index contributed by atoms with van der Waals surface area (Å²) in [5, 5.41) is 9.18. The number of alkyl halides is 2. The van der Waals surface area contributed by atoms with Crippen molar-refractivity contribution in [3.8, 4) is 11.8 Å². The standard InChI is InChI=1S/C16H16F2O2/c1-6-15(19)10-12(3)8-7-11(2)9-13(4)14(5)20-16(17)18/h6,9-10,16,19H,1-3,5H2,4H3/b13-9-,15-10+. The third-order valence-corrected chi connectivity index (χ3v) is 1.98. The van der Waals surface area contributed by atoms with Gasteiger partial charge in [-0.15, -0.1) is 0 Å². The lowest BCUT2D eigenvalue weighted by Crippen LogP contribution is -1.99. The number of rotatable bonds is 6. The van der Waals surface area contributed by atoms with Crippen LogP contribution in [0.2, 0.25) is 0 Å². The summed E-state index contributed by atoms with van der Waals surface area (Å²) in [7, 11) is 0. The zero-order chi connectivity index (χ0) is 15.7. The van der Waals surface area contributed by atoms with Gasteiger partial charge in [0.25, 0.3) is 0 Å². The quantitative estimate of drug-likeness (QED) is 0.442. The zero-order valence-corrected chi connectivity index (χ0v) is 11.2. The lowest BCUT2D eigenvalue weighted by Gasteiger charge is -2.07. The van der Waals surface area contributed by atoms with Gasteiger partial charge in [-0.1, -0.05) is 38.2 Å². The van der Waals surface area contributed by atoms with Crippen LogP contribution in [0.15, 0.2) is 72.8 Å². The van der Waals surface area contributed by atoms with Crippen molar-refractivity contribution in [1.82, 2.24) is 0 Å². The Balaban J connectivity index is 4.76. The topological polar surface area (TPSA) is 29.5 Å². The Morgan fingerprint density at radius 3 is 2.10 bits per heavy atom. The van der Waals surface area contributed by atoms with Crippen LogP contribution >= 0.6 is 0 Å². The van der Waals surface area contributed by atoms with Gasteiger partial charge in [0, 0.05) is 11.1 Å². The number of aliphatic hydroxyl groups excluding tert-OH is 1. The lowest BCUT2D eigenvalue weighted by molar-refractivity contribution is -0.0928. The van der Waals surface area contributed by atoms with Crippen molar-refractivity contribution < 1.29 is 18.6 Å². The summed E-state index contributed by atoms with van der Waals surface area (Å²) in [6, 6.07) is 0. The first kappa shape index (κ1) is 17.5. The molecular weight excluding hydrogens is 262 g/mol. The predicted molar refractivity (Wildman–Crippen MR) is 77.0 cm³/mol. The largest absolute Gasteiger partial charge is 0.508 e. The summed E-state index contributed by atoms with van der Waals surface area (Å²) < 4.78 is 28.1. The summed E-state index contributed by atoms with van der Waals surface area (Å²) in [5.74, 6) is 5.10. The van der Waals surface area contributed by atoms with E-state index in [1.165, 1.54) is 18.2 Å². The Bertz CT molecular complexity index is 541. The molecule has 106 valence electrons. The molecule has 0 rings (SSSR count). The average Bonchev–Trinajstić information content (AvgIpc) is 2.35. The van der Waals surface area contributed by atoms with Gasteiger partial charge < -0.3 is 9.84 Å². The SMILES string of the molecule is C=C/C(O)=C\C(=C)C#CC(=C)/C=C(/C)C(=C)OC(F)F. The Morgan fingerprint density at radius 1 is 1.15 bits per heavy atom. The summed E-state index contributed by atoms with van der Waals surface area (Å²) in [6.45, 7) is 12.6. The number of hydrogen-bond acceptors (Lipinski definition) is 2. The highest BCUT2D eigenvalue weighted by atomic mass is 19.3. The fourth-order valence-electron chi connectivity index (χ4n) is 1.01. The van der Waals surface area contributed by atoms with E-state index in [0.717, 1.165) is 0 Å². The minimum atomic E-state index is -2.92. The lowest BCUT2D eigenvalue weighted by atomic mass is 10.1. The first-order chi connectivity index (χ1) is 9.26. The van der Waals surface area contributed by atoms with Gasteiger partial charge in [-0.25, -0.2) is 0 Å². The molecule has 0 amide bonds. The molecule has 0 spiro atoms. The molecule has 4 heteroatoms. The van der Waals surface area contributed by atoms with Crippen LogP contribution in [-0.4, -0.2) is 11.7 Å². The number of halogens is 2. The molecule has 0 aromatic rings. The van der Waals surface area contributed by atoms with Crippen molar-refractivity contribution in [3.05, 3.63) is 72.8 Å². The summed E-state index contributed by atoms with van der Waals surface area (Å²) in [4.78, 5) is 0. The smallest absolute Gasteiger partial charge is 0.387 e. The third kappa shape index (κ3) is 7.72. The molecule has 0 atom stereocenters. The van der Waals surface area contributed by atoms with Crippen molar-refractivity contribution in [1.29, 1.82) is 0 Å². The zero-order valence-electron chi connectivity index (χ0n) is 11.2. The van der Waals surface area contributed by atoms with Gasteiger partial charge >= 0.3 is 6.61 Å². The van der Waals surface area contributed by atoms with Crippen LogP contribution < -0.4 is 0 Å². The van der Waals surface area contributed by atoms with Crippen LogP contribution in [0.1, 0.15) is 6.92 Å². The molecule has 0 saturated heterocycles. The maximum atomic E-state index is 12.0. The maximum Gasteiger partial charge on any atom is 0.387 e. The third-order valence-electron chi connectivity index (χ3n) is 1.98. The Labute approximate surface area is 117 Å². The second-order valence-corrected chi connectivity index (χ2v) is 3.70. The fraction of sp³-hybridized carbons (Fsp3) is 0.125. The van der Waals surface area contributed by atoms with Crippen LogP contribution in [0.4, 0.5) is 8.78 Å². The molecular formula is C16H16F2O2. The number of aliphatic hydroxyl groups is 1. The molecule has 1 N–H and O–H groups in total. The molecule has 2 nitrogen and oxygen atoms in total. The Morgan fingerprint density at radius 2 is 1.65 bits per heavy atom. The van der Waals surface area contributed by atoms with Gasteiger partial charge in [0.1, 0.15) is 11.5 Å². The molecule has 0 aromatic carbocycles. The van der Waals surface area contributed by atoms with E-state index in [2.05, 4.69) is 42.9 Å². The normalized spacial score (nSPS) is 11.4. The molecule has 0 aromatic heterocycles. The predicted octanol–water partition coefficient (Wildman–Crippen LogP) is 4.43. The van der Waals surface area contributed by atoms with Crippen molar-refractivity contribution in [3.63, 3.8) is 0 Å². The highest BCUT2D eigenvalue weighted by molar-refractivity contribution is 5.47. The van der Waals surface area contributed by atoms with E-state index in [-0.39, 0.29) is 11.5 Å². The molecule has 0 fully saturated rings. The highest BCUT2D eigenvalue weighted by Crippen LogP contribution is 2.14. The number of hydrogen-bond donors (Lipinski definition) is 1. The van der Waals surface area contributed by atoms with Crippen molar-refractivity contribution in [2.75, 3.05) is 0 Å². The van der Waals surface area contributed by atoms with E-state index in [1.54, 1.807) is 6.92 Å². The van der Waals surface area contributed by atoms with Gasteiger partial charge in [0.05, 0.1) is 0 Å². The van der Waals surface area contributed by atoms with E-state index in [9.17, 15) is 13.9 Å². The summed E-state index contributed by atoms with van der Waals surface area (Å²) in [5.41, 5.74) is 1.12. The number of allylic oxidation sites excluding steroid dienone is 6. The van der Waals surface area contributed by atoms with E-state index >= 15 is 0 Å². The van der Waals surface area contributed by atoms with E-state index in [0.29, 0.717) is 16.7 Å². The van der Waals surface area contributed by atoms with Gasteiger partial charge in [-0.2, -0.15) is 8.78 Å². The molecule has 0 radical (unpaired) electrons. The molecule has 0 aliphatic heterocycles. The molecule has 0 saturated carbocycles. The summed E-state index contributed by atoms with van der Waals surface area (Å²) >= 11 is 0. The van der Waals surface area contributed by atoms with Crippen molar-refractivity contribution >= 4 is 0 Å². The molecule has 0 aliphatic carbocycles. The second kappa shape index (κ2) is 8.54. The highest BCUT2D eigenvalue weighted by Gasteiger charge is 2.06. The van der Waals surface area contributed by atoms with Crippen LogP contribution in [0.5, 0.6) is 0 Å². The minimum absolute atomic E-state index is 0.0552. The van der Waals surface area contributed by atoms with Gasteiger partial charge in [0.15, 0.2) is 0 Å². The number of ether oxygens (including phenoxy) is 1. The van der Waals surface area contributed by atoms with Crippen LogP contribution in [0.25, 0.3) is 0 Å². The fourth-order valence-corrected chi connectivity index (χ4v) is 1.01. The Kier molecular flexibility index (Phi) is 7.46. The molecule has 20 heavy (non-hydrogen) atoms. The Hall–Kier alpha value is -2.54. The van der Waals surface area contributed by atoms with Crippen LogP contribution in [0.3, 0.4) is 0 Å². The summed E-state index contributed by atoms with van der Waals surface area (Å²) in [6.07, 6.45) is 4.04.